The predicted octanol–water partition coefficient (Wildman–Crippen LogP) is 4.04. The molecule has 110 valence electrons. The number of halogens is 1. The largest absolute Gasteiger partial charge is 0.299 e. The maximum atomic E-state index is 12.0. The van der Waals surface area contributed by atoms with Crippen LogP contribution in [0.25, 0.3) is 6.08 Å². The number of thioether (sulfide) groups is 1. The molecule has 2 aromatic carbocycles. The van der Waals surface area contributed by atoms with Crippen molar-refractivity contribution in [3.8, 4) is 0 Å². The molecule has 1 saturated heterocycles. The van der Waals surface area contributed by atoms with Gasteiger partial charge in [0.15, 0.2) is 5.17 Å². The number of anilines is 1. The van der Waals surface area contributed by atoms with E-state index in [2.05, 4.69) is 31.8 Å². The third-order valence-electron chi connectivity index (χ3n) is 2.86. The second-order valence-electron chi connectivity index (χ2n) is 4.51. The molecule has 0 bridgehead atoms. The van der Waals surface area contributed by atoms with Gasteiger partial charge in [-0.15, -0.1) is 5.10 Å². The molecule has 0 aromatic heterocycles. The van der Waals surface area contributed by atoms with Gasteiger partial charge in [-0.2, -0.15) is 0 Å². The van der Waals surface area contributed by atoms with Gasteiger partial charge in [0.1, 0.15) is 0 Å². The van der Waals surface area contributed by atoms with Crippen LogP contribution in [0.2, 0.25) is 0 Å². The lowest BCUT2D eigenvalue weighted by atomic mass is 10.2. The summed E-state index contributed by atoms with van der Waals surface area (Å²) in [6.07, 6.45) is 1.84. The van der Waals surface area contributed by atoms with Crippen molar-refractivity contribution in [2.45, 2.75) is 0 Å². The lowest BCUT2D eigenvalue weighted by Crippen LogP contribution is -2.20. The van der Waals surface area contributed by atoms with Gasteiger partial charge in [0.2, 0.25) is 0 Å². The Balaban J connectivity index is 1.73. The molecule has 4 nitrogen and oxygen atoms in total. The zero-order chi connectivity index (χ0) is 15.4. The van der Waals surface area contributed by atoms with Gasteiger partial charge in [-0.3, -0.25) is 15.5 Å². The maximum absolute atomic E-state index is 12.0. The summed E-state index contributed by atoms with van der Waals surface area (Å²) in [4.78, 5) is 12.6. The SMILES string of the molecule is O=C1NC(=NNc2ccccc2)SC1=Cc1cccc(Br)c1. The summed E-state index contributed by atoms with van der Waals surface area (Å²) in [5, 5.41) is 7.48. The lowest BCUT2D eigenvalue weighted by Gasteiger charge is -1.99. The average Bonchev–Trinajstić information content (AvgIpc) is 2.86. The summed E-state index contributed by atoms with van der Waals surface area (Å²) in [5.74, 6) is -0.140. The molecule has 0 atom stereocenters. The average molecular weight is 374 g/mol. The van der Waals surface area contributed by atoms with Gasteiger partial charge in [0, 0.05) is 4.47 Å². The normalized spacial score (nSPS) is 17.8. The minimum Gasteiger partial charge on any atom is -0.299 e. The summed E-state index contributed by atoms with van der Waals surface area (Å²) < 4.78 is 0.977. The topological polar surface area (TPSA) is 53.5 Å². The zero-order valence-electron chi connectivity index (χ0n) is 11.4. The van der Waals surface area contributed by atoms with E-state index in [0.29, 0.717) is 10.1 Å². The van der Waals surface area contributed by atoms with Crippen molar-refractivity contribution in [1.29, 1.82) is 0 Å². The predicted molar refractivity (Wildman–Crippen MR) is 95.4 cm³/mol. The van der Waals surface area contributed by atoms with Gasteiger partial charge in [-0.25, -0.2) is 0 Å². The molecule has 0 saturated carbocycles. The van der Waals surface area contributed by atoms with E-state index in [1.807, 2.05) is 60.7 Å². The van der Waals surface area contributed by atoms with E-state index in [9.17, 15) is 4.79 Å². The molecular weight excluding hydrogens is 362 g/mol. The van der Waals surface area contributed by atoms with Crippen molar-refractivity contribution < 1.29 is 4.79 Å². The first kappa shape index (κ1) is 14.9. The van der Waals surface area contributed by atoms with Crippen LogP contribution in [0.15, 0.2) is 69.1 Å². The minimum absolute atomic E-state index is 0.140. The van der Waals surface area contributed by atoms with Crippen LogP contribution in [-0.4, -0.2) is 11.1 Å². The molecule has 6 heteroatoms. The fraction of sp³-hybridized carbons (Fsp3) is 0. The number of hydrogen-bond donors (Lipinski definition) is 2. The summed E-state index contributed by atoms with van der Waals surface area (Å²) in [7, 11) is 0. The summed E-state index contributed by atoms with van der Waals surface area (Å²) in [6, 6.07) is 17.4. The molecule has 1 aliphatic rings. The van der Waals surface area contributed by atoms with Crippen molar-refractivity contribution in [3.05, 3.63) is 69.5 Å². The molecule has 1 aliphatic heterocycles. The number of carbonyl (C=O) groups is 1. The Kier molecular flexibility index (Phi) is 4.60. The van der Waals surface area contributed by atoms with E-state index >= 15 is 0 Å². The van der Waals surface area contributed by atoms with E-state index in [4.69, 9.17) is 0 Å². The first-order chi connectivity index (χ1) is 10.7. The molecular formula is C16H12BrN3OS. The number of nitrogens with zero attached hydrogens (tertiary/aromatic N) is 1. The highest BCUT2D eigenvalue weighted by Crippen LogP contribution is 2.26. The molecule has 0 aliphatic carbocycles. The molecule has 0 spiro atoms. The molecule has 0 unspecified atom stereocenters. The van der Waals surface area contributed by atoms with Crippen molar-refractivity contribution >= 4 is 50.5 Å². The van der Waals surface area contributed by atoms with Gasteiger partial charge in [-0.05, 0) is 47.7 Å². The van der Waals surface area contributed by atoms with Crippen LogP contribution in [0.5, 0.6) is 0 Å². The van der Waals surface area contributed by atoms with Gasteiger partial charge in [0.05, 0.1) is 10.6 Å². The first-order valence-corrected chi connectivity index (χ1v) is 8.17. The van der Waals surface area contributed by atoms with E-state index in [1.54, 1.807) is 0 Å². The van der Waals surface area contributed by atoms with Crippen LogP contribution >= 0.6 is 27.7 Å². The lowest BCUT2D eigenvalue weighted by molar-refractivity contribution is -0.115. The van der Waals surface area contributed by atoms with E-state index < -0.39 is 0 Å². The number of rotatable bonds is 3. The monoisotopic (exact) mass is 373 g/mol. The fourth-order valence-electron chi connectivity index (χ4n) is 1.86. The summed E-state index contributed by atoms with van der Waals surface area (Å²) in [6.45, 7) is 0. The van der Waals surface area contributed by atoms with Gasteiger partial charge >= 0.3 is 0 Å². The Bertz CT molecular complexity index is 759. The third kappa shape index (κ3) is 3.78. The Morgan fingerprint density at radius 3 is 2.73 bits per heavy atom. The van der Waals surface area contributed by atoms with Crippen LogP contribution in [0.3, 0.4) is 0 Å². The van der Waals surface area contributed by atoms with Crippen molar-refractivity contribution in [3.63, 3.8) is 0 Å². The zero-order valence-corrected chi connectivity index (χ0v) is 13.8. The van der Waals surface area contributed by atoms with Gasteiger partial charge in [-0.1, -0.05) is 46.3 Å². The molecule has 0 radical (unpaired) electrons. The molecule has 2 N–H and O–H groups in total. The third-order valence-corrected chi connectivity index (χ3v) is 4.26. The van der Waals surface area contributed by atoms with Crippen molar-refractivity contribution in [1.82, 2.24) is 5.32 Å². The Labute approximate surface area is 140 Å². The molecule has 1 amide bonds. The second-order valence-corrected chi connectivity index (χ2v) is 6.46. The standard InChI is InChI=1S/C16H12BrN3OS/c17-12-6-4-5-11(9-12)10-14-15(21)18-16(22-14)20-19-13-7-2-1-3-8-13/h1-10,19H,(H,18,20,21). The van der Waals surface area contributed by atoms with Crippen molar-refractivity contribution in [2.24, 2.45) is 5.10 Å². The highest BCUT2D eigenvalue weighted by atomic mass is 79.9. The highest BCUT2D eigenvalue weighted by molar-refractivity contribution is 9.10. The molecule has 2 aromatic rings. The maximum Gasteiger partial charge on any atom is 0.264 e. The quantitative estimate of drug-likeness (QED) is 0.630. The number of amidine groups is 1. The molecule has 3 rings (SSSR count). The Hall–Kier alpha value is -2.05. The Morgan fingerprint density at radius 2 is 1.95 bits per heavy atom. The van der Waals surface area contributed by atoms with Crippen LogP contribution in [0, 0.1) is 0 Å². The molecule has 1 fully saturated rings. The van der Waals surface area contributed by atoms with Gasteiger partial charge in [0.25, 0.3) is 5.91 Å². The number of carbonyl (C=O) groups excluding carboxylic acids is 1. The number of nitrogens with one attached hydrogen (secondary N) is 2. The van der Waals surface area contributed by atoms with E-state index in [-0.39, 0.29) is 5.91 Å². The van der Waals surface area contributed by atoms with Crippen LogP contribution < -0.4 is 10.7 Å². The van der Waals surface area contributed by atoms with Crippen LogP contribution in [0.4, 0.5) is 5.69 Å². The van der Waals surface area contributed by atoms with Gasteiger partial charge < -0.3 is 0 Å². The van der Waals surface area contributed by atoms with Crippen LogP contribution in [-0.2, 0) is 4.79 Å². The Morgan fingerprint density at radius 1 is 1.14 bits per heavy atom. The fourth-order valence-corrected chi connectivity index (χ4v) is 3.06. The number of hydrazone groups is 1. The van der Waals surface area contributed by atoms with E-state index in [0.717, 1.165) is 15.7 Å². The number of amides is 1. The molecule has 22 heavy (non-hydrogen) atoms. The number of hydrogen-bond acceptors (Lipinski definition) is 4. The van der Waals surface area contributed by atoms with Crippen molar-refractivity contribution in [2.75, 3.05) is 5.43 Å². The minimum atomic E-state index is -0.140. The van der Waals surface area contributed by atoms with E-state index in [1.165, 1.54) is 11.8 Å². The summed E-state index contributed by atoms with van der Waals surface area (Å²) in [5.41, 5.74) is 4.75. The molecule has 1 heterocycles. The smallest absolute Gasteiger partial charge is 0.264 e. The highest BCUT2D eigenvalue weighted by Gasteiger charge is 2.23. The number of para-hydroxylation sites is 1. The van der Waals surface area contributed by atoms with Crippen LogP contribution in [0.1, 0.15) is 5.56 Å². The number of benzene rings is 2. The first-order valence-electron chi connectivity index (χ1n) is 6.56. The summed E-state index contributed by atoms with van der Waals surface area (Å²) >= 11 is 4.73. The second kappa shape index (κ2) is 6.81.